The standard InChI is InChI=1S/C14H19NO2/c1-10(2)15-12-7-5-8-13(17-3)11(12)6-4-9-14(15)16/h5,7-8,10H,4,6,9H2,1-3H3. The van der Waals surface area contributed by atoms with Gasteiger partial charge in [-0.2, -0.15) is 0 Å². The minimum atomic E-state index is 0.187. The number of hydrogen-bond donors (Lipinski definition) is 0. The summed E-state index contributed by atoms with van der Waals surface area (Å²) in [6, 6.07) is 6.12. The molecule has 1 amide bonds. The smallest absolute Gasteiger partial charge is 0.227 e. The number of nitrogens with zero attached hydrogens (tertiary/aromatic N) is 1. The molecule has 92 valence electrons. The Bertz CT molecular complexity index is 426. The molecule has 2 rings (SSSR count). The monoisotopic (exact) mass is 233 g/mol. The predicted molar refractivity (Wildman–Crippen MR) is 68.6 cm³/mol. The molecule has 1 aromatic rings. The first-order valence-corrected chi connectivity index (χ1v) is 6.13. The molecule has 3 heteroatoms. The van der Waals surface area contributed by atoms with E-state index < -0.39 is 0 Å². The van der Waals surface area contributed by atoms with Crippen molar-refractivity contribution in [1.82, 2.24) is 0 Å². The molecule has 1 heterocycles. The highest BCUT2D eigenvalue weighted by Gasteiger charge is 2.25. The molecule has 0 bridgehead atoms. The quantitative estimate of drug-likeness (QED) is 0.786. The molecule has 3 nitrogen and oxygen atoms in total. The molecule has 0 saturated carbocycles. The van der Waals surface area contributed by atoms with Gasteiger partial charge in [0.05, 0.1) is 12.8 Å². The molecule has 0 aromatic heterocycles. The fraction of sp³-hybridized carbons (Fsp3) is 0.500. The van der Waals surface area contributed by atoms with Gasteiger partial charge in [0.15, 0.2) is 0 Å². The van der Waals surface area contributed by atoms with E-state index >= 15 is 0 Å². The largest absolute Gasteiger partial charge is 0.496 e. The molecular weight excluding hydrogens is 214 g/mol. The number of ether oxygens (including phenoxy) is 1. The van der Waals surface area contributed by atoms with Crippen LogP contribution in [0.25, 0.3) is 0 Å². The van der Waals surface area contributed by atoms with Gasteiger partial charge in [0.2, 0.25) is 5.91 Å². The van der Waals surface area contributed by atoms with Gasteiger partial charge in [-0.3, -0.25) is 4.79 Å². The van der Waals surface area contributed by atoms with Crippen LogP contribution in [-0.4, -0.2) is 19.1 Å². The van der Waals surface area contributed by atoms with Crippen molar-refractivity contribution in [3.63, 3.8) is 0 Å². The highest BCUT2D eigenvalue weighted by molar-refractivity contribution is 5.95. The zero-order valence-electron chi connectivity index (χ0n) is 10.7. The summed E-state index contributed by atoms with van der Waals surface area (Å²) in [6.07, 6.45) is 2.43. The molecule has 0 atom stereocenters. The lowest BCUT2D eigenvalue weighted by atomic mass is 10.1. The summed E-state index contributed by atoms with van der Waals surface area (Å²) in [5, 5.41) is 0. The normalized spacial score (nSPS) is 15.8. The zero-order chi connectivity index (χ0) is 12.4. The minimum Gasteiger partial charge on any atom is -0.496 e. The van der Waals surface area contributed by atoms with Crippen LogP contribution in [0.2, 0.25) is 0 Å². The van der Waals surface area contributed by atoms with E-state index in [2.05, 4.69) is 0 Å². The number of fused-ring (bicyclic) bond motifs is 1. The van der Waals surface area contributed by atoms with Gasteiger partial charge in [-0.1, -0.05) is 6.07 Å². The summed E-state index contributed by atoms with van der Waals surface area (Å²) < 4.78 is 5.39. The van der Waals surface area contributed by atoms with Crippen molar-refractivity contribution in [2.75, 3.05) is 12.0 Å². The van der Waals surface area contributed by atoms with E-state index in [-0.39, 0.29) is 11.9 Å². The van der Waals surface area contributed by atoms with Crippen molar-refractivity contribution in [3.05, 3.63) is 23.8 Å². The number of anilines is 1. The third kappa shape index (κ3) is 2.14. The first-order chi connectivity index (χ1) is 8.15. The highest BCUT2D eigenvalue weighted by Crippen LogP contribution is 2.34. The van der Waals surface area contributed by atoms with E-state index in [1.165, 1.54) is 0 Å². The van der Waals surface area contributed by atoms with E-state index in [0.29, 0.717) is 6.42 Å². The predicted octanol–water partition coefficient (Wildman–Crippen LogP) is 2.77. The third-order valence-corrected chi connectivity index (χ3v) is 3.19. The van der Waals surface area contributed by atoms with Crippen LogP contribution < -0.4 is 9.64 Å². The van der Waals surface area contributed by atoms with Crippen LogP contribution in [0.3, 0.4) is 0 Å². The maximum Gasteiger partial charge on any atom is 0.227 e. The molecule has 0 unspecified atom stereocenters. The van der Waals surface area contributed by atoms with E-state index in [0.717, 1.165) is 29.8 Å². The lowest BCUT2D eigenvalue weighted by Gasteiger charge is -2.27. The van der Waals surface area contributed by atoms with Crippen LogP contribution in [0.5, 0.6) is 5.75 Å². The summed E-state index contributed by atoms with van der Waals surface area (Å²) in [4.78, 5) is 14.0. The second-order valence-corrected chi connectivity index (χ2v) is 4.67. The van der Waals surface area contributed by atoms with Gasteiger partial charge in [0, 0.05) is 18.0 Å². The number of methoxy groups -OCH3 is 1. The lowest BCUT2D eigenvalue weighted by Crippen LogP contribution is -2.36. The average molecular weight is 233 g/mol. The minimum absolute atomic E-state index is 0.187. The molecular formula is C14H19NO2. The molecule has 1 aromatic carbocycles. The number of rotatable bonds is 2. The van der Waals surface area contributed by atoms with Gasteiger partial charge < -0.3 is 9.64 Å². The summed E-state index contributed by atoms with van der Waals surface area (Å²) >= 11 is 0. The summed E-state index contributed by atoms with van der Waals surface area (Å²) in [5.41, 5.74) is 2.18. The van der Waals surface area contributed by atoms with Gasteiger partial charge in [-0.15, -0.1) is 0 Å². The molecule has 0 saturated heterocycles. The Morgan fingerprint density at radius 1 is 1.29 bits per heavy atom. The maximum absolute atomic E-state index is 12.1. The second kappa shape index (κ2) is 4.78. The van der Waals surface area contributed by atoms with E-state index in [1.807, 2.05) is 36.9 Å². The molecule has 1 aliphatic heterocycles. The molecule has 1 aliphatic rings. The Kier molecular flexibility index (Phi) is 3.36. The van der Waals surface area contributed by atoms with Crippen molar-refractivity contribution in [1.29, 1.82) is 0 Å². The van der Waals surface area contributed by atoms with E-state index in [1.54, 1.807) is 7.11 Å². The molecule has 0 radical (unpaired) electrons. The van der Waals surface area contributed by atoms with Crippen LogP contribution in [-0.2, 0) is 11.2 Å². The fourth-order valence-electron chi connectivity index (χ4n) is 2.46. The topological polar surface area (TPSA) is 29.5 Å². The SMILES string of the molecule is COc1cccc2c1CCCC(=O)N2C(C)C. The number of carbonyl (C=O) groups is 1. The van der Waals surface area contributed by atoms with Crippen molar-refractivity contribution >= 4 is 11.6 Å². The molecule has 0 fully saturated rings. The molecule has 17 heavy (non-hydrogen) atoms. The van der Waals surface area contributed by atoms with Crippen molar-refractivity contribution < 1.29 is 9.53 Å². The number of carbonyl (C=O) groups excluding carboxylic acids is 1. The molecule has 0 spiro atoms. The average Bonchev–Trinajstić information content (AvgIpc) is 2.46. The summed E-state index contributed by atoms with van der Waals surface area (Å²) in [6.45, 7) is 4.10. The fourth-order valence-corrected chi connectivity index (χ4v) is 2.46. The first kappa shape index (κ1) is 12.0. The maximum atomic E-state index is 12.1. The van der Waals surface area contributed by atoms with Crippen molar-refractivity contribution in [2.24, 2.45) is 0 Å². The molecule has 0 N–H and O–H groups in total. The Balaban J connectivity index is 2.54. The lowest BCUT2D eigenvalue weighted by molar-refractivity contribution is -0.118. The Labute approximate surface area is 102 Å². The van der Waals surface area contributed by atoms with Crippen LogP contribution in [0.15, 0.2) is 18.2 Å². The van der Waals surface area contributed by atoms with Gasteiger partial charge >= 0.3 is 0 Å². The van der Waals surface area contributed by atoms with Gasteiger partial charge in [-0.05, 0) is 38.8 Å². The first-order valence-electron chi connectivity index (χ1n) is 6.13. The Morgan fingerprint density at radius 2 is 2.06 bits per heavy atom. The van der Waals surface area contributed by atoms with Crippen molar-refractivity contribution in [3.8, 4) is 5.75 Å². The van der Waals surface area contributed by atoms with Gasteiger partial charge in [-0.25, -0.2) is 0 Å². The van der Waals surface area contributed by atoms with Gasteiger partial charge in [0.1, 0.15) is 5.75 Å². The number of hydrogen-bond acceptors (Lipinski definition) is 2. The van der Waals surface area contributed by atoms with E-state index in [9.17, 15) is 4.79 Å². The number of benzene rings is 1. The van der Waals surface area contributed by atoms with Crippen LogP contribution in [0, 0.1) is 0 Å². The third-order valence-electron chi connectivity index (χ3n) is 3.19. The zero-order valence-corrected chi connectivity index (χ0v) is 10.7. The Morgan fingerprint density at radius 3 is 2.71 bits per heavy atom. The van der Waals surface area contributed by atoms with Crippen molar-refractivity contribution in [2.45, 2.75) is 39.2 Å². The number of amides is 1. The van der Waals surface area contributed by atoms with Crippen LogP contribution >= 0.6 is 0 Å². The highest BCUT2D eigenvalue weighted by atomic mass is 16.5. The van der Waals surface area contributed by atoms with E-state index in [4.69, 9.17) is 4.74 Å². The Hall–Kier alpha value is -1.51. The summed E-state index contributed by atoms with van der Waals surface area (Å²) in [5.74, 6) is 1.11. The molecule has 0 aliphatic carbocycles. The summed E-state index contributed by atoms with van der Waals surface area (Å²) in [7, 11) is 1.68. The van der Waals surface area contributed by atoms with Crippen LogP contribution in [0.4, 0.5) is 5.69 Å². The van der Waals surface area contributed by atoms with Crippen LogP contribution in [0.1, 0.15) is 32.3 Å². The van der Waals surface area contributed by atoms with Gasteiger partial charge in [0.25, 0.3) is 0 Å². The second-order valence-electron chi connectivity index (χ2n) is 4.67.